The van der Waals surface area contributed by atoms with E-state index in [2.05, 4.69) is 16.3 Å². The maximum absolute atomic E-state index is 12.7. The van der Waals surface area contributed by atoms with Crippen LogP contribution in [0.25, 0.3) is 0 Å². The predicted octanol–water partition coefficient (Wildman–Crippen LogP) is 3.03. The van der Waals surface area contributed by atoms with Crippen molar-refractivity contribution in [2.45, 2.75) is 25.9 Å². The molecule has 1 saturated heterocycles. The fourth-order valence-corrected chi connectivity index (χ4v) is 4.42. The highest BCUT2D eigenvalue weighted by atomic mass is 32.1. The van der Waals surface area contributed by atoms with Gasteiger partial charge in [0.25, 0.3) is 5.91 Å². The average molecular weight is 342 g/mol. The maximum atomic E-state index is 12.7. The van der Waals surface area contributed by atoms with Crippen molar-refractivity contribution in [3.8, 4) is 5.75 Å². The van der Waals surface area contributed by atoms with E-state index >= 15 is 0 Å². The van der Waals surface area contributed by atoms with Crippen LogP contribution in [0.15, 0.2) is 35.7 Å². The summed E-state index contributed by atoms with van der Waals surface area (Å²) in [5.41, 5.74) is 2.15. The minimum Gasteiger partial charge on any atom is -0.493 e. The number of nitrogens with zero attached hydrogens (tertiary/aromatic N) is 2. The number of thiophene rings is 1. The molecule has 2 aromatic rings. The molecule has 1 amide bonds. The summed E-state index contributed by atoms with van der Waals surface area (Å²) in [6.45, 7) is 6.29. The van der Waals surface area contributed by atoms with Crippen molar-refractivity contribution in [1.82, 2.24) is 9.80 Å². The molecule has 1 fully saturated rings. The van der Waals surface area contributed by atoms with Gasteiger partial charge in [-0.05, 0) is 42.5 Å². The number of hydrogen-bond donors (Lipinski definition) is 0. The molecule has 0 saturated carbocycles. The number of benzene rings is 1. The number of para-hydroxylation sites is 1. The van der Waals surface area contributed by atoms with E-state index in [0.717, 1.165) is 32.6 Å². The summed E-state index contributed by atoms with van der Waals surface area (Å²) >= 11 is 1.87. The molecular weight excluding hydrogens is 320 g/mol. The number of amides is 1. The molecular formula is C19H22N2O2S. The smallest absolute Gasteiger partial charge is 0.257 e. The Bertz CT molecular complexity index is 736. The van der Waals surface area contributed by atoms with Crippen LogP contribution in [0.1, 0.15) is 27.7 Å². The van der Waals surface area contributed by atoms with Gasteiger partial charge in [0, 0.05) is 37.1 Å². The summed E-state index contributed by atoms with van der Waals surface area (Å²) < 4.78 is 5.59. The van der Waals surface area contributed by atoms with E-state index in [1.165, 1.54) is 10.4 Å². The topological polar surface area (TPSA) is 32.8 Å². The summed E-state index contributed by atoms with van der Waals surface area (Å²) in [6, 6.07) is 10.3. The van der Waals surface area contributed by atoms with Gasteiger partial charge < -0.3 is 9.64 Å². The molecule has 0 bridgehead atoms. The number of carbonyl (C=O) groups excluding carboxylic acids is 1. The van der Waals surface area contributed by atoms with Crippen LogP contribution in [0.3, 0.4) is 0 Å². The Morgan fingerprint density at radius 3 is 2.96 bits per heavy atom. The Morgan fingerprint density at radius 2 is 2.12 bits per heavy atom. The molecule has 0 unspecified atom stereocenters. The lowest BCUT2D eigenvalue weighted by atomic mass is 10.0. The zero-order valence-corrected chi connectivity index (χ0v) is 14.7. The number of fused-ring (bicyclic) bond motifs is 1. The van der Waals surface area contributed by atoms with Crippen molar-refractivity contribution < 1.29 is 9.53 Å². The highest BCUT2D eigenvalue weighted by Crippen LogP contribution is 2.29. The molecule has 4 rings (SSSR count). The maximum Gasteiger partial charge on any atom is 0.257 e. The molecule has 1 aromatic carbocycles. The summed E-state index contributed by atoms with van der Waals surface area (Å²) in [5.74, 6) is 0.776. The third-order valence-electron chi connectivity index (χ3n) is 4.92. The van der Waals surface area contributed by atoms with Gasteiger partial charge in [0.05, 0.1) is 12.2 Å². The van der Waals surface area contributed by atoms with E-state index < -0.39 is 0 Å². The van der Waals surface area contributed by atoms with Crippen molar-refractivity contribution in [3.63, 3.8) is 0 Å². The molecule has 5 heteroatoms. The quantitative estimate of drug-likeness (QED) is 0.856. The first-order chi connectivity index (χ1) is 11.8. The Kier molecular flexibility index (Phi) is 4.29. The van der Waals surface area contributed by atoms with Gasteiger partial charge in [-0.3, -0.25) is 9.69 Å². The Morgan fingerprint density at radius 1 is 1.29 bits per heavy atom. The standard InChI is InChI=1S/C19H22N2O2S/c1-2-23-17-6-4-3-5-16(17)19(22)21-12-15(13-21)20-9-7-18-14(11-20)8-10-24-18/h3-6,8,10,15H,2,7,9,11-13H2,1H3. The van der Waals surface area contributed by atoms with Crippen molar-refractivity contribution >= 4 is 17.2 Å². The van der Waals surface area contributed by atoms with Crippen LogP contribution >= 0.6 is 11.3 Å². The minimum absolute atomic E-state index is 0.0866. The molecule has 0 spiro atoms. The van der Waals surface area contributed by atoms with Crippen molar-refractivity contribution in [3.05, 3.63) is 51.7 Å². The third kappa shape index (κ3) is 2.82. The molecule has 3 heterocycles. The number of carbonyl (C=O) groups is 1. The lowest BCUT2D eigenvalue weighted by Gasteiger charge is -2.46. The van der Waals surface area contributed by atoms with Gasteiger partial charge in [-0.15, -0.1) is 11.3 Å². The first kappa shape index (κ1) is 15.7. The molecule has 0 radical (unpaired) electrons. The molecule has 1 aromatic heterocycles. The van der Waals surface area contributed by atoms with Crippen LogP contribution in [-0.2, 0) is 13.0 Å². The molecule has 24 heavy (non-hydrogen) atoms. The van der Waals surface area contributed by atoms with Gasteiger partial charge in [0.1, 0.15) is 5.75 Å². The van der Waals surface area contributed by atoms with E-state index in [0.29, 0.717) is 24.0 Å². The summed E-state index contributed by atoms with van der Waals surface area (Å²) in [7, 11) is 0. The number of rotatable bonds is 4. The lowest BCUT2D eigenvalue weighted by Crippen LogP contribution is -2.61. The Balaban J connectivity index is 1.38. The number of likely N-dealkylation sites (tertiary alicyclic amines) is 1. The van der Waals surface area contributed by atoms with Crippen molar-refractivity contribution in [2.75, 3.05) is 26.2 Å². The van der Waals surface area contributed by atoms with Gasteiger partial charge in [-0.25, -0.2) is 0 Å². The van der Waals surface area contributed by atoms with Crippen LogP contribution < -0.4 is 4.74 Å². The van der Waals surface area contributed by atoms with E-state index in [1.54, 1.807) is 0 Å². The molecule has 0 N–H and O–H groups in total. The Hall–Kier alpha value is -1.85. The summed E-state index contributed by atoms with van der Waals surface area (Å²) in [5, 5.41) is 2.19. The second-order valence-electron chi connectivity index (χ2n) is 6.38. The molecule has 0 aliphatic carbocycles. The number of ether oxygens (including phenoxy) is 1. The van der Waals surface area contributed by atoms with Gasteiger partial charge in [0.2, 0.25) is 0 Å². The van der Waals surface area contributed by atoms with Crippen LogP contribution in [0.5, 0.6) is 5.75 Å². The van der Waals surface area contributed by atoms with Gasteiger partial charge >= 0.3 is 0 Å². The number of hydrogen-bond acceptors (Lipinski definition) is 4. The zero-order valence-electron chi connectivity index (χ0n) is 13.9. The van der Waals surface area contributed by atoms with E-state index in [1.807, 2.05) is 47.4 Å². The summed E-state index contributed by atoms with van der Waals surface area (Å²) in [6.07, 6.45) is 1.14. The molecule has 0 atom stereocenters. The highest BCUT2D eigenvalue weighted by Gasteiger charge is 2.37. The lowest BCUT2D eigenvalue weighted by molar-refractivity contribution is 0.0218. The van der Waals surface area contributed by atoms with Crippen molar-refractivity contribution in [2.24, 2.45) is 0 Å². The first-order valence-corrected chi connectivity index (χ1v) is 9.44. The van der Waals surface area contributed by atoms with E-state index in [4.69, 9.17) is 4.74 Å². The van der Waals surface area contributed by atoms with Crippen LogP contribution in [0.4, 0.5) is 0 Å². The molecule has 4 nitrogen and oxygen atoms in total. The predicted molar refractivity (Wildman–Crippen MR) is 95.7 cm³/mol. The van der Waals surface area contributed by atoms with E-state index in [-0.39, 0.29) is 5.91 Å². The summed E-state index contributed by atoms with van der Waals surface area (Å²) in [4.78, 5) is 18.7. The fourth-order valence-electron chi connectivity index (χ4n) is 3.53. The molecule has 126 valence electrons. The third-order valence-corrected chi connectivity index (χ3v) is 5.94. The van der Waals surface area contributed by atoms with Gasteiger partial charge in [-0.1, -0.05) is 12.1 Å². The van der Waals surface area contributed by atoms with Crippen LogP contribution in [0.2, 0.25) is 0 Å². The van der Waals surface area contributed by atoms with Gasteiger partial charge in [0.15, 0.2) is 0 Å². The second kappa shape index (κ2) is 6.57. The largest absolute Gasteiger partial charge is 0.493 e. The fraction of sp³-hybridized carbons (Fsp3) is 0.421. The van der Waals surface area contributed by atoms with Crippen molar-refractivity contribution in [1.29, 1.82) is 0 Å². The van der Waals surface area contributed by atoms with Crippen LogP contribution in [-0.4, -0.2) is 48.0 Å². The van der Waals surface area contributed by atoms with Crippen LogP contribution in [0, 0.1) is 0 Å². The monoisotopic (exact) mass is 342 g/mol. The second-order valence-corrected chi connectivity index (χ2v) is 7.38. The SMILES string of the molecule is CCOc1ccccc1C(=O)N1CC(N2CCc3sccc3C2)C1. The molecule has 2 aliphatic heterocycles. The highest BCUT2D eigenvalue weighted by molar-refractivity contribution is 7.10. The minimum atomic E-state index is 0.0866. The first-order valence-electron chi connectivity index (χ1n) is 8.56. The normalized spacial score (nSPS) is 18.1. The van der Waals surface area contributed by atoms with Gasteiger partial charge in [-0.2, -0.15) is 0 Å². The zero-order chi connectivity index (χ0) is 16.5. The average Bonchev–Trinajstić information content (AvgIpc) is 3.02. The molecule has 2 aliphatic rings. The van der Waals surface area contributed by atoms with E-state index in [9.17, 15) is 4.79 Å². The Labute approximate surface area is 146 Å².